The molecule has 0 atom stereocenters. The van der Waals surface area contributed by atoms with Gasteiger partial charge in [0.25, 0.3) is 5.56 Å². The lowest BCUT2D eigenvalue weighted by molar-refractivity contribution is -0.117. The number of rotatable bonds is 8. The van der Waals surface area contributed by atoms with E-state index in [0.717, 1.165) is 4.68 Å². The molecule has 0 spiro atoms. The molecule has 4 aromatic rings. The number of nitrogens with zero attached hydrogens (tertiary/aromatic N) is 4. The number of aromatic nitrogens is 4. The summed E-state index contributed by atoms with van der Waals surface area (Å²) in [6.07, 6.45) is 0.623. The van der Waals surface area contributed by atoms with E-state index in [9.17, 15) is 18.8 Å². The highest BCUT2D eigenvalue weighted by Gasteiger charge is 2.18. The van der Waals surface area contributed by atoms with Crippen molar-refractivity contribution in [3.8, 4) is 0 Å². The maximum absolute atomic E-state index is 13.2. The molecule has 0 unspecified atom stereocenters. The lowest BCUT2D eigenvalue weighted by Gasteiger charge is -2.11. The topological polar surface area (TPSA) is 99.6 Å². The molecule has 0 aliphatic heterocycles. The summed E-state index contributed by atoms with van der Waals surface area (Å²) in [5, 5.41) is 7.29. The van der Waals surface area contributed by atoms with Crippen LogP contribution in [0.3, 0.4) is 0 Å². The van der Waals surface area contributed by atoms with Crippen molar-refractivity contribution in [2.75, 3.05) is 11.9 Å². The molecule has 0 aliphatic rings. The molecule has 0 aliphatic carbocycles. The second kappa shape index (κ2) is 9.37. The van der Waals surface area contributed by atoms with Crippen molar-refractivity contribution < 1.29 is 13.9 Å². The van der Waals surface area contributed by atoms with E-state index >= 15 is 0 Å². The van der Waals surface area contributed by atoms with E-state index in [4.69, 9.17) is 4.74 Å². The van der Waals surface area contributed by atoms with E-state index in [1.807, 2.05) is 13.8 Å². The molecule has 0 saturated carbocycles. The number of carbonyl (C=O) groups is 1. The fraction of sp³-hybridized carbons (Fsp3) is 0.304. The zero-order valence-corrected chi connectivity index (χ0v) is 18.3. The predicted molar refractivity (Wildman–Crippen MR) is 122 cm³/mol. The molecule has 10 heteroatoms. The quantitative estimate of drug-likeness (QED) is 0.413. The molecule has 0 saturated heterocycles. The van der Waals surface area contributed by atoms with Gasteiger partial charge in [0.15, 0.2) is 0 Å². The first-order valence-corrected chi connectivity index (χ1v) is 10.6. The third-order valence-corrected chi connectivity index (χ3v) is 5.08. The molecule has 9 nitrogen and oxygen atoms in total. The lowest BCUT2D eigenvalue weighted by atomic mass is 10.2. The summed E-state index contributed by atoms with van der Waals surface area (Å²) in [5.74, 6) is -0.772. The number of hydrogen-bond acceptors (Lipinski definition) is 5. The first-order valence-electron chi connectivity index (χ1n) is 10.6. The van der Waals surface area contributed by atoms with Crippen molar-refractivity contribution in [2.24, 2.45) is 0 Å². The van der Waals surface area contributed by atoms with Crippen LogP contribution in [0.2, 0.25) is 0 Å². The zero-order chi connectivity index (χ0) is 23.5. The number of anilines is 1. The Balaban J connectivity index is 1.71. The number of fused-ring (bicyclic) bond motifs is 3. The Kier molecular flexibility index (Phi) is 6.36. The number of aryl methyl sites for hydroxylation is 1. The predicted octanol–water partition coefficient (Wildman–Crippen LogP) is 2.40. The minimum Gasteiger partial charge on any atom is -0.379 e. The minimum atomic E-state index is -0.539. The summed E-state index contributed by atoms with van der Waals surface area (Å²) in [6, 6.07) is 12.1. The van der Waals surface area contributed by atoms with Crippen molar-refractivity contribution in [3.05, 3.63) is 75.2 Å². The summed E-state index contributed by atoms with van der Waals surface area (Å²) in [7, 11) is 0. The van der Waals surface area contributed by atoms with Crippen LogP contribution in [0, 0.1) is 5.82 Å². The molecule has 4 rings (SSSR count). The zero-order valence-electron chi connectivity index (χ0n) is 18.3. The molecular formula is C23H24FN5O4. The highest BCUT2D eigenvalue weighted by atomic mass is 19.1. The average molecular weight is 453 g/mol. The smallest absolute Gasteiger partial charge is 0.352 e. The number of carbonyl (C=O) groups excluding carboxylic acids is 1. The normalized spacial score (nSPS) is 11.5. The number of ether oxygens (including phenoxy) is 1. The van der Waals surface area contributed by atoms with E-state index in [2.05, 4.69) is 10.4 Å². The standard InChI is InChI=1S/C23H24FN5O4/c1-15(2)33-13-5-12-27-21(31)18-6-3-4-7-19(18)29-22(27)26-28(23(29)32)14-20(30)25-17-10-8-16(24)9-11-17/h3-4,6-11,15H,5,12-14H2,1-2H3,(H,25,30). The number of para-hydroxylation sites is 1. The van der Waals surface area contributed by atoms with Crippen LogP contribution in [0.4, 0.5) is 10.1 Å². The fourth-order valence-electron chi connectivity index (χ4n) is 3.58. The Morgan fingerprint density at radius 2 is 1.85 bits per heavy atom. The van der Waals surface area contributed by atoms with Gasteiger partial charge < -0.3 is 10.1 Å². The Morgan fingerprint density at radius 3 is 2.58 bits per heavy atom. The Morgan fingerprint density at radius 1 is 1.12 bits per heavy atom. The van der Waals surface area contributed by atoms with Crippen molar-refractivity contribution in [3.63, 3.8) is 0 Å². The Hall–Kier alpha value is -3.79. The van der Waals surface area contributed by atoms with Gasteiger partial charge in [0.2, 0.25) is 11.7 Å². The van der Waals surface area contributed by atoms with E-state index in [1.54, 1.807) is 24.3 Å². The summed E-state index contributed by atoms with van der Waals surface area (Å²) in [6.45, 7) is 4.25. The average Bonchev–Trinajstić information content (AvgIpc) is 3.10. The maximum atomic E-state index is 13.2. The maximum Gasteiger partial charge on any atom is 0.352 e. The molecule has 0 fully saturated rings. The third kappa shape index (κ3) is 4.70. The van der Waals surface area contributed by atoms with Crippen LogP contribution in [0.5, 0.6) is 0 Å². The second-order valence-corrected chi connectivity index (χ2v) is 7.88. The van der Waals surface area contributed by atoms with Crippen LogP contribution in [0.25, 0.3) is 16.7 Å². The van der Waals surface area contributed by atoms with Gasteiger partial charge in [0.1, 0.15) is 12.4 Å². The number of amides is 1. The first-order chi connectivity index (χ1) is 15.8. The van der Waals surface area contributed by atoms with Crippen LogP contribution in [-0.2, 0) is 22.6 Å². The van der Waals surface area contributed by atoms with Crippen LogP contribution in [-0.4, -0.2) is 37.4 Å². The molecule has 172 valence electrons. The number of halogens is 1. The number of hydrogen-bond donors (Lipinski definition) is 1. The molecule has 0 radical (unpaired) electrons. The van der Waals surface area contributed by atoms with Gasteiger partial charge in [0.05, 0.1) is 17.0 Å². The van der Waals surface area contributed by atoms with Gasteiger partial charge in [0, 0.05) is 18.8 Å². The van der Waals surface area contributed by atoms with Gasteiger partial charge in [-0.25, -0.2) is 18.3 Å². The van der Waals surface area contributed by atoms with E-state index in [-0.39, 0.29) is 24.0 Å². The minimum absolute atomic E-state index is 0.0693. The SMILES string of the molecule is CC(C)OCCCn1c(=O)c2ccccc2n2c(=O)n(CC(=O)Nc3ccc(F)cc3)nc12. The van der Waals surface area contributed by atoms with Crippen LogP contribution in [0.1, 0.15) is 20.3 Å². The molecule has 33 heavy (non-hydrogen) atoms. The summed E-state index contributed by atoms with van der Waals surface area (Å²) >= 11 is 0. The van der Waals surface area contributed by atoms with Crippen molar-refractivity contribution in [1.82, 2.24) is 18.7 Å². The molecule has 2 heterocycles. The third-order valence-electron chi connectivity index (χ3n) is 5.08. The van der Waals surface area contributed by atoms with Crippen LogP contribution in [0.15, 0.2) is 58.1 Å². The largest absolute Gasteiger partial charge is 0.379 e. The van der Waals surface area contributed by atoms with E-state index in [0.29, 0.717) is 36.2 Å². The fourth-order valence-corrected chi connectivity index (χ4v) is 3.58. The lowest BCUT2D eigenvalue weighted by Crippen LogP contribution is -2.29. The van der Waals surface area contributed by atoms with Gasteiger partial charge in [-0.3, -0.25) is 14.2 Å². The summed E-state index contributed by atoms with van der Waals surface area (Å²) in [4.78, 5) is 38.8. The van der Waals surface area contributed by atoms with E-state index in [1.165, 1.54) is 33.2 Å². The van der Waals surface area contributed by atoms with Gasteiger partial charge in [-0.2, -0.15) is 0 Å². The Labute approximate surface area is 188 Å². The highest BCUT2D eigenvalue weighted by Crippen LogP contribution is 2.12. The van der Waals surface area contributed by atoms with Crippen LogP contribution >= 0.6 is 0 Å². The van der Waals surface area contributed by atoms with Crippen molar-refractivity contribution in [2.45, 2.75) is 39.5 Å². The molecule has 0 bridgehead atoms. The van der Waals surface area contributed by atoms with Gasteiger partial charge in [-0.1, -0.05) is 12.1 Å². The summed E-state index contributed by atoms with van der Waals surface area (Å²) < 4.78 is 22.4. The van der Waals surface area contributed by atoms with Crippen molar-refractivity contribution >= 4 is 28.3 Å². The molecular weight excluding hydrogens is 429 g/mol. The molecule has 2 aromatic carbocycles. The number of benzene rings is 2. The van der Waals surface area contributed by atoms with Gasteiger partial charge in [-0.15, -0.1) is 5.10 Å². The molecule has 2 aromatic heterocycles. The van der Waals surface area contributed by atoms with Gasteiger partial charge >= 0.3 is 5.69 Å². The van der Waals surface area contributed by atoms with Crippen LogP contribution < -0.4 is 16.6 Å². The monoisotopic (exact) mass is 453 g/mol. The highest BCUT2D eigenvalue weighted by molar-refractivity contribution is 5.90. The molecule has 1 N–H and O–H groups in total. The van der Waals surface area contributed by atoms with Crippen molar-refractivity contribution in [1.29, 1.82) is 0 Å². The van der Waals surface area contributed by atoms with Gasteiger partial charge in [-0.05, 0) is 56.7 Å². The second-order valence-electron chi connectivity index (χ2n) is 7.88. The number of nitrogens with one attached hydrogen (secondary N) is 1. The molecule has 1 amide bonds. The summed E-state index contributed by atoms with van der Waals surface area (Å²) in [5.41, 5.74) is 0.00583. The van der Waals surface area contributed by atoms with E-state index < -0.39 is 17.4 Å². The first kappa shape index (κ1) is 22.4. The Bertz CT molecular complexity index is 1420.